The van der Waals surface area contributed by atoms with Crippen LogP contribution in [-0.4, -0.2) is 35.0 Å². The zero-order valence-electron chi connectivity index (χ0n) is 23.4. The van der Waals surface area contributed by atoms with Crippen LogP contribution in [0.3, 0.4) is 0 Å². The van der Waals surface area contributed by atoms with E-state index < -0.39 is 0 Å². The third kappa shape index (κ3) is 10.3. The standard InChI is InChI=1S/C23H44P2.C5H10.2CH3.Fe/c1-18(2)24(4)23-17-11-16-22(23)19(3)25(20-12-7-5-8-13-20)21-14-9-6-10-15-21;1-2-4-5-3-1;;;/h18-23H,5-17H2,1-4H3;1-5H2;2*1H3;/q;;2*-1;+2/t19-,22?,23?,24?;;;;/m1..../s1. The predicted octanol–water partition coefficient (Wildman–Crippen LogP) is 11.1. The maximum absolute atomic E-state index is 2.75. The summed E-state index contributed by atoms with van der Waals surface area (Å²) >= 11 is 0. The van der Waals surface area contributed by atoms with Crippen molar-refractivity contribution in [2.45, 2.75) is 165 Å². The van der Waals surface area contributed by atoms with Crippen molar-refractivity contribution in [2.75, 3.05) is 6.66 Å². The smallest absolute Gasteiger partial charge is 0.358 e. The van der Waals surface area contributed by atoms with Gasteiger partial charge in [-0.3, -0.25) is 0 Å². The Kier molecular flexibility index (Phi) is 19.4. The van der Waals surface area contributed by atoms with E-state index in [0.717, 1.165) is 34.2 Å². The molecule has 3 unspecified atom stereocenters. The van der Waals surface area contributed by atoms with Crippen molar-refractivity contribution < 1.29 is 17.1 Å². The van der Waals surface area contributed by atoms with Crippen molar-refractivity contribution in [2.24, 2.45) is 5.92 Å². The fraction of sp³-hybridized carbons (Fsp3) is 0.933. The maximum atomic E-state index is 2.75. The molecular weight excluding hydrogens is 478 g/mol. The molecule has 4 fully saturated rings. The van der Waals surface area contributed by atoms with E-state index in [0.29, 0.717) is 0 Å². The molecule has 4 atom stereocenters. The van der Waals surface area contributed by atoms with Crippen LogP contribution in [0.1, 0.15) is 136 Å². The largest absolute Gasteiger partial charge is 2.00 e. The van der Waals surface area contributed by atoms with Gasteiger partial charge in [0.2, 0.25) is 0 Å². The van der Waals surface area contributed by atoms with Crippen molar-refractivity contribution in [3.63, 3.8) is 0 Å². The van der Waals surface area contributed by atoms with Gasteiger partial charge in [0.15, 0.2) is 0 Å². The van der Waals surface area contributed by atoms with Gasteiger partial charge in [-0.25, -0.2) is 0 Å². The Bertz CT molecular complexity index is 427. The predicted molar refractivity (Wildman–Crippen MR) is 155 cm³/mol. The summed E-state index contributed by atoms with van der Waals surface area (Å²) in [7, 11) is 0.509. The molecule has 0 N–H and O–H groups in total. The minimum Gasteiger partial charge on any atom is -0.358 e. The first-order valence-electron chi connectivity index (χ1n) is 14.1. The topological polar surface area (TPSA) is 0 Å². The molecule has 4 aliphatic rings. The Hall–Kier alpha value is 1.38. The minimum atomic E-state index is 0. The second-order valence-electron chi connectivity index (χ2n) is 11.5. The molecular formula is C30H60FeP2. The second-order valence-corrected chi connectivity index (χ2v) is 17.7. The molecule has 4 rings (SSSR count). The molecule has 3 heteroatoms. The Balaban J connectivity index is 0.00000114. The fourth-order valence-corrected chi connectivity index (χ4v) is 14.4. The van der Waals surface area contributed by atoms with E-state index in [-0.39, 0.29) is 47.8 Å². The van der Waals surface area contributed by atoms with Crippen LogP contribution >= 0.6 is 15.8 Å². The van der Waals surface area contributed by atoms with Crippen LogP contribution in [0.5, 0.6) is 0 Å². The van der Waals surface area contributed by atoms with Crippen molar-refractivity contribution in [3.05, 3.63) is 14.9 Å². The van der Waals surface area contributed by atoms with Crippen LogP contribution in [0.15, 0.2) is 0 Å². The Morgan fingerprint density at radius 1 is 0.545 bits per heavy atom. The van der Waals surface area contributed by atoms with Gasteiger partial charge in [0.05, 0.1) is 0 Å². The summed E-state index contributed by atoms with van der Waals surface area (Å²) in [6.07, 6.45) is 27.8. The van der Waals surface area contributed by atoms with Crippen LogP contribution in [-0.2, 0) is 17.1 Å². The molecule has 4 saturated carbocycles. The first-order chi connectivity index (χ1) is 14.6. The summed E-state index contributed by atoms with van der Waals surface area (Å²) in [6, 6.07) is 0. The zero-order chi connectivity index (χ0) is 21.3. The summed E-state index contributed by atoms with van der Waals surface area (Å²) in [5.74, 6) is 1.09. The molecule has 4 aliphatic carbocycles. The zero-order valence-corrected chi connectivity index (χ0v) is 26.3. The monoisotopic (exact) mass is 538 g/mol. The summed E-state index contributed by atoms with van der Waals surface area (Å²) in [4.78, 5) is 0. The molecule has 198 valence electrons. The van der Waals surface area contributed by atoms with Gasteiger partial charge in [-0.05, 0) is 79.4 Å². The molecule has 0 aromatic carbocycles. The van der Waals surface area contributed by atoms with Gasteiger partial charge in [-0.2, -0.15) is 0 Å². The van der Waals surface area contributed by atoms with Crippen molar-refractivity contribution in [1.82, 2.24) is 0 Å². The molecule has 0 aliphatic heterocycles. The molecule has 0 aromatic heterocycles. The molecule has 0 bridgehead atoms. The van der Waals surface area contributed by atoms with Crippen LogP contribution in [0, 0.1) is 20.8 Å². The SMILES string of the molecule is C1CCCC1.CC(C)P(C)C1CCCC1[C@@H](C)P(C1CCCCC1)C1CCCCC1.[CH3-].[CH3-].[Fe+2]. The Morgan fingerprint density at radius 3 is 1.33 bits per heavy atom. The first-order valence-corrected chi connectivity index (χ1v) is 17.6. The van der Waals surface area contributed by atoms with Gasteiger partial charge in [-0.1, -0.05) is 106 Å². The molecule has 0 heterocycles. The summed E-state index contributed by atoms with van der Waals surface area (Å²) in [5, 5.41) is 0. The second kappa shape index (κ2) is 18.6. The van der Waals surface area contributed by atoms with Gasteiger partial charge < -0.3 is 14.9 Å². The molecule has 0 nitrogen and oxygen atoms in total. The molecule has 0 saturated heterocycles. The van der Waals surface area contributed by atoms with E-state index in [4.69, 9.17) is 0 Å². The normalized spacial score (nSPS) is 28.2. The molecule has 0 radical (unpaired) electrons. The number of rotatable bonds is 6. The van der Waals surface area contributed by atoms with Crippen LogP contribution in [0.4, 0.5) is 0 Å². The first kappa shape index (κ1) is 34.4. The average molecular weight is 539 g/mol. The van der Waals surface area contributed by atoms with Crippen molar-refractivity contribution >= 4 is 15.8 Å². The van der Waals surface area contributed by atoms with Crippen molar-refractivity contribution in [1.29, 1.82) is 0 Å². The third-order valence-corrected chi connectivity index (χ3v) is 16.6. The van der Waals surface area contributed by atoms with Gasteiger partial charge >= 0.3 is 17.1 Å². The minimum absolute atomic E-state index is 0. The quantitative estimate of drug-likeness (QED) is 0.179. The fourth-order valence-electron chi connectivity index (χ4n) is 7.25. The van der Waals surface area contributed by atoms with E-state index >= 15 is 0 Å². The van der Waals surface area contributed by atoms with E-state index in [9.17, 15) is 0 Å². The van der Waals surface area contributed by atoms with Gasteiger partial charge in [0, 0.05) is 0 Å². The Labute approximate surface area is 224 Å². The molecule has 0 amide bonds. The third-order valence-electron chi connectivity index (χ3n) is 9.20. The molecule has 33 heavy (non-hydrogen) atoms. The molecule has 0 aromatic rings. The van der Waals surface area contributed by atoms with Crippen LogP contribution < -0.4 is 0 Å². The van der Waals surface area contributed by atoms with E-state index in [1.54, 1.807) is 64.2 Å². The van der Waals surface area contributed by atoms with E-state index in [2.05, 4.69) is 27.4 Å². The average Bonchev–Trinajstić information content (AvgIpc) is 3.50. The van der Waals surface area contributed by atoms with Gasteiger partial charge in [0.1, 0.15) is 0 Å². The summed E-state index contributed by atoms with van der Waals surface area (Å²) in [6.45, 7) is 10.4. The summed E-state index contributed by atoms with van der Waals surface area (Å²) < 4.78 is 0. The number of hydrogen-bond donors (Lipinski definition) is 0. The summed E-state index contributed by atoms with van der Waals surface area (Å²) in [5.41, 5.74) is 5.39. The van der Waals surface area contributed by atoms with Crippen LogP contribution in [0.2, 0.25) is 0 Å². The van der Waals surface area contributed by atoms with E-state index in [1.165, 1.54) is 51.4 Å². The number of hydrogen-bond acceptors (Lipinski definition) is 0. The van der Waals surface area contributed by atoms with Gasteiger partial charge in [0.25, 0.3) is 0 Å². The molecule has 0 spiro atoms. The Morgan fingerprint density at radius 2 is 0.939 bits per heavy atom. The van der Waals surface area contributed by atoms with E-state index in [1.807, 2.05) is 0 Å². The van der Waals surface area contributed by atoms with Gasteiger partial charge in [-0.15, -0.1) is 7.92 Å². The van der Waals surface area contributed by atoms with Crippen molar-refractivity contribution in [3.8, 4) is 0 Å². The van der Waals surface area contributed by atoms with Crippen LogP contribution in [0.25, 0.3) is 0 Å². The maximum Gasteiger partial charge on any atom is 2.00 e.